The molecule has 0 radical (unpaired) electrons. The zero-order valence-corrected chi connectivity index (χ0v) is 8.84. The summed E-state index contributed by atoms with van der Waals surface area (Å²) in [5.74, 6) is 0.546. The van der Waals surface area contributed by atoms with Crippen LogP contribution in [-0.2, 0) is 0 Å². The fraction of sp³-hybridized carbons (Fsp3) is 1.00. The van der Waals surface area contributed by atoms with Gasteiger partial charge in [0.1, 0.15) is 0 Å². The lowest BCUT2D eigenvalue weighted by atomic mass is 9.91. The smallest absolute Gasteiger partial charge is 0.0568 e. The average molecular weight is 172 g/mol. The summed E-state index contributed by atoms with van der Waals surface area (Å²) in [7, 11) is 0. The van der Waals surface area contributed by atoms with Crippen molar-refractivity contribution < 1.29 is 5.11 Å². The number of hydrogen-bond acceptors (Lipinski definition) is 1. The van der Waals surface area contributed by atoms with E-state index in [0.29, 0.717) is 5.92 Å². The molecule has 0 saturated heterocycles. The molecular weight excluding hydrogens is 148 g/mol. The topological polar surface area (TPSA) is 20.2 Å². The zero-order valence-electron chi connectivity index (χ0n) is 8.84. The lowest BCUT2D eigenvalue weighted by molar-refractivity contribution is 0.0896. The SMILES string of the molecule is CCCC[C@@H](CC)[C@@H](O)CCC. The first-order valence-corrected chi connectivity index (χ1v) is 5.44. The van der Waals surface area contributed by atoms with Crippen molar-refractivity contribution in [2.45, 2.75) is 65.4 Å². The third-order valence-corrected chi connectivity index (χ3v) is 2.58. The summed E-state index contributed by atoms with van der Waals surface area (Å²) in [5, 5.41) is 9.74. The van der Waals surface area contributed by atoms with Gasteiger partial charge in [0.15, 0.2) is 0 Å². The molecule has 0 amide bonds. The van der Waals surface area contributed by atoms with Gasteiger partial charge >= 0.3 is 0 Å². The van der Waals surface area contributed by atoms with Crippen LogP contribution in [-0.4, -0.2) is 11.2 Å². The van der Waals surface area contributed by atoms with Crippen LogP contribution in [0.5, 0.6) is 0 Å². The van der Waals surface area contributed by atoms with Gasteiger partial charge in [-0.25, -0.2) is 0 Å². The van der Waals surface area contributed by atoms with Crippen molar-refractivity contribution in [3.05, 3.63) is 0 Å². The van der Waals surface area contributed by atoms with Crippen molar-refractivity contribution in [3.8, 4) is 0 Å². The van der Waals surface area contributed by atoms with Gasteiger partial charge in [-0.15, -0.1) is 0 Å². The van der Waals surface area contributed by atoms with E-state index in [4.69, 9.17) is 0 Å². The second-order valence-corrected chi connectivity index (χ2v) is 3.67. The van der Waals surface area contributed by atoms with E-state index in [-0.39, 0.29) is 6.10 Å². The second kappa shape index (κ2) is 7.60. The van der Waals surface area contributed by atoms with Crippen molar-refractivity contribution in [2.75, 3.05) is 0 Å². The Morgan fingerprint density at radius 3 is 2.08 bits per heavy atom. The molecule has 1 nitrogen and oxygen atoms in total. The summed E-state index contributed by atoms with van der Waals surface area (Å²) in [4.78, 5) is 0. The van der Waals surface area contributed by atoms with E-state index in [1.165, 1.54) is 19.3 Å². The van der Waals surface area contributed by atoms with Crippen LogP contribution in [0.2, 0.25) is 0 Å². The molecule has 0 unspecified atom stereocenters. The number of aliphatic hydroxyl groups is 1. The lowest BCUT2D eigenvalue weighted by Crippen LogP contribution is -2.19. The predicted molar refractivity (Wildman–Crippen MR) is 54.2 cm³/mol. The first-order valence-electron chi connectivity index (χ1n) is 5.44. The van der Waals surface area contributed by atoms with Crippen LogP contribution < -0.4 is 0 Å². The van der Waals surface area contributed by atoms with Gasteiger partial charge in [0.2, 0.25) is 0 Å². The summed E-state index contributed by atoms with van der Waals surface area (Å²) < 4.78 is 0. The van der Waals surface area contributed by atoms with Crippen molar-refractivity contribution >= 4 is 0 Å². The van der Waals surface area contributed by atoms with Crippen LogP contribution >= 0.6 is 0 Å². The first-order chi connectivity index (χ1) is 5.76. The number of unbranched alkanes of at least 4 members (excludes halogenated alkanes) is 1. The zero-order chi connectivity index (χ0) is 9.40. The molecule has 0 aromatic rings. The minimum absolute atomic E-state index is 0.0495. The molecule has 0 aliphatic rings. The van der Waals surface area contributed by atoms with E-state index in [1.807, 2.05) is 0 Å². The van der Waals surface area contributed by atoms with Crippen LogP contribution in [0.15, 0.2) is 0 Å². The van der Waals surface area contributed by atoms with Gasteiger partial charge in [0.25, 0.3) is 0 Å². The minimum Gasteiger partial charge on any atom is -0.393 e. The van der Waals surface area contributed by atoms with Gasteiger partial charge in [-0.3, -0.25) is 0 Å². The molecule has 0 heterocycles. The molecule has 74 valence electrons. The highest BCUT2D eigenvalue weighted by atomic mass is 16.3. The van der Waals surface area contributed by atoms with Gasteiger partial charge < -0.3 is 5.11 Å². The molecule has 0 fully saturated rings. The highest BCUT2D eigenvalue weighted by Gasteiger charge is 2.15. The normalized spacial score (nSPS) is 16.0. The number of hydrogen-bond donors (Lipinski definition) is 1. The Balaban J connectivity index is 3.62. The maximum atomic E-state index is 9.74. The van der Waals surface area contributed by atoms with Crippen LogP contribution in [0.3, 0.4) is 0 Å². The van der Waals surface area contributed by atoms with Gasteiger partial charge in [-0.1, -0.05) is 46.5 Å². The molecule has 0 aliphatic carbocycles. The summed E-state index contributed by atoms with van der Waals surface area (Å²) in [5.41, 5.74) is 0. The van der Waals surface area contributed by atoms with Gasteiger partial charge in [-0.05, 0) is 18.8 Å². The van der Waals surface area contributed by atoms with Crippen molar-refractivity contribution in [1.29, 1.82) is 0 Å². The van der Waals surface area contributed by atoms with Gasteiger partial charge in [0, 0.05) is 0 Å². The second-order valence-electron chi connectivity index (χ2n) is 3.67. The quantitative estimate of drug-likeness (QED) is 0.624. The minimum atomic E-state index is -0.0495. The van der Waals surface area contributed by atoms with Crippen LogP contribution in [0.25, 0.3) is 0 Å². The fourth-order valence-corrected chi connectivity index (χ4v) is 1.67. The molecule has 0 bridgehead atoms. The molecule has 0 saturated carbocycles. The Bertz CT molecular complexity index is 91.0. The van der Waals surface area contributed by atoms with E-state index in [0.717, 1.165) is 19.3 Å². The molecule has 0 spiro atoms. The molecule has 0 aromatic heterocycles. The van der Waals surface area contributed by atoms with Gasteiger partial charge in [-0.2, -0.15) is 0 Å². The van der Waals surface area contributed by atoms with E-state index < -0.39 is 0 Å². The maximum absolute atomic E-state index is 9.74. The standard InChI is InChI=1S/C11H24O/c1-4-7-9-10(6-3)11(12)8-5-2/h10-12H,4-9H2,1-3H3/t10-,11+/m1/s1. The lowest BCUT2D eigenvalue weighted by Gasteiger charge is -2.20. The van der Waals surface area contributed by atoms with E-state index in [1.54, 1.807) is 0 Å². The van der Waals surface area contributed by atoms with Crippen LogP contribution in [0.1, 0.15) is 59.3 Å². The average Bonchev–Trinajstić information content (AvgIpc) is 2.06. The van der Waals surface area contributed by atoms with Crippen LogP contribution in [0.4, 0.5) is 0 Å². The number of rotatable bonds is 7. The highest BCUT2D eigenvalue weighted by molar-refractivity contribution is 4.66. The fourth-order valence-electron chi connectivity index (χ4n) is 1.67. The highest BCUT2D eigenvalue weighted by Crippen LogP contribution is 2.19. The van der Waals surface area contributed by atoms with E-state index in [2.05, 4.69) is 20.8 Å². The van der Waals surface area contributed by atoms with E-state index >= 15 is 0 Å². The molecule has 2 atom stereocenters. The van der Waals surface area contributed by atoms with E-state index in [9.17, 15) is 5.11 Å². The van der Waals surface area contributed by atoms with Gasteiger partial charge in [0.05, 0.1) is 6.10 Å². The molecule has 1 heteroatoms. The summed E-state index contributed by atoms with van der Waals surface area (Å²) >= 11 is 0. The molecule has 12 heavy (non-hydrogen) atoms. The Labute approximate surface area is 77.2 Å². The number of aliphatic hydroxyl groups excluding tert-OH is 1. The monoisotopic (exact) mass is 172 g/mol. The van der Waals surface area contributed by atoms with Crippen molar-refractivity contribution in [2.24, 2.45) is 5.92 Å². The summed E-state index contributed by atoms with van der Waals surface area (Å²) in [6.07, 6.45) is 6.86. The Hall–Kier alpha value is -0.0400. The predicted octanol–water partition coefficient (Wildman–Crippen LogP) is 3.36. The summed E-state index contributed by atoms with van der Waals surface area (Å²) in [6, 6.07) is 0. The molecule has 1 N–H and O–H groups in total. The Morgan fingerprint density at radius 1 is 1.00 bits per heavy atom. The molecule has 0 aromatic carbocycles. The molecule has 0 aliphatic heterocycles. The third-order valence-electron chi connectivity index (χ3n) is 2.58. The summed E-state index contributed by atoms with van der Waals surface area (Å²) in [6.45, 7) is 6.52. The largest absolute Gasteiger partial charge is 0.393 e. The molecular formula is C11H24O. The van der Waals surface area contributed by atoms with Crippen LogP contribution in [0, 0.1) is 5.92 Å². The maximum Gasteiger partial charge on any atom is 0.0568 e. The Kier molecular flexibility index (Phi) is 7.58. The van der Waals surface area contributed by atoms with Crippen molar-refractivity contribution in [1.82, 2.24) is 0 Å². The third kappa shape index (κ3) is 4.76. The van der Waals surface area contributed by atoms with Crippen molar-refractivity contribution in [3.63, 3.8) is 0 Å². The first kappa shape index (κ1) is 12.0. The molecule has 0 rings (SSSR count). The Morgan fingerprint density at radius 2 is 1.67 bits per heavy atom.